The first-order chi connectivity index (χ1) is 28.0. The van der Waals surface area contributed by atoms with Gasteiger partial charge in [-0.1, -0.05) is 105 Å². The monoisotopic (exact) mass is 818 g/mol. The van der Waals surface area contributed by atoms with Crippen LogP contribution in [0.25, 0.3) is 11.3 Å². The van der Waals surface area contributed by atoms with E-state index in [9.17, 15) is 23.3 Å². The second-order valence-corrected chi connectivity index (χ2v) is 16.8. The minimum atomic E-state index is -4.48. The number of nitrogens with zero attached hydrogens (tertiary/aromatic N) is 4. The van der Waals surface area contributed by atoms with Crippen molar-refractivity contribution >= 4 is 43.8 Å². The third-order valence-corrected chi connectivity index (χ3v) is 12.2. The van der Waals surface area contributed by atoms with Crippen molar-refractivity contribution in [2.24, 2.45) is 5.92 Å². The number of methoxy groups -OCH3 is 1. The molecule has 0 unspecified atom stereocenters. The van der Waals surface area contributed by atoms with E-state index in [0.717, 1.165) is 33.9 Å². The number of anilines is 2. The van der Waals surface area contributed by atoms with E-state index in [1.807, 2.05) is 66.7 Å². The van der Waals surface area contributed by atoms with Crippen LogP contribution < -0.4 is 13.9 Å². The SMILES string of the molecule is COC(=O)CCc1ccc(N(Cc2ccc(OCC(C)C)c(CN(CCc3ccccc3)c3nc(-c4ccccc4)cs3)c2)S(=O)(=O)c2ccccc2[N+](=O)[O-])cc1. The Morgan fingerprint density at radius 1 is 0.828 bits per heavy atom. The van der Waals surface area contributed by atoms with E-state index in [0.29, 0.717) is 43.1 Å². The molecule has 0 saturated heterocycles. The number of nitro groups is 1. The van der Waals surface area contributed by atoms with Crippen molar-refractivity contribution in [3.05, 3.63) is 165 Å². The van der Waals surface area contributed by atoms with Crippen LogP contribution in [-0.2, 0) is 45.5 Å². The number of rotatable bonds is 19. The zero-order chi connectivity index (χ0) is 41.1. The van der Waals surface area contributed by atoms with E-state index in [1.165, 1.54) is 41.2 Å². The number of benzene rings is 5. The first-order valence-electron chi connectivity index (χ1n) is 19.0. The highest BCUT2D eigenvalue weighted by Crippen LogP contribution is 2.34. The number of sulfonamides is 1. The number of para-hydroxylation sites is 1. The number of carbonyl (C=O) groups excluding carboxylic acids is 1. The average molecular weight is 819 g/mol. The molecule has 58 heavy (non-hydrogen) atoms. The standard InChI is InChI=1S/C45H46N4O7S2/c1-33(2)31-56-42-24-20-36(28-38(42)30-47(27-26-34-12-6-4-7-13-34)45-46-40(32-57-45)37-14-8-5-9-15-37)29-48(39-22-18-35(19-23-39)21-25-44(50)55-3)58(53,54)43-17-11-10-16-41(43)49(51)52/h4-20,22-24,28,32-33H,21,25-27,29-31H2,1-3H3. The molecule has 1 heterocycles. The van der Waals surface area contributed by atoms with E-state index in [4.69, 9.17) is 14.5 Å². The average Bonchev–Trinajstić information content (AvgIpc) is 3.74. The van der Waals surface area contributed by atoms with Gasteiger partial charge in [0.25, 0.3) is 15.7 Å². The minimum Gasteiger partial charge on any atom is -0.493 e. The van der Waals surface area contributed by atoms with Crippen LogP contribution in [0.2, 0.25) is 0 Å². The van der Waals surface area contributed by atoms with Crippen LogP contribution in [0.15, 0.2) is 138 Å². The van der Waals surface area contributed by atoms with Crippen molar-refractivity contribution in [3.63, 3.8) is 0 Å². The molecule has 0 amide bonds. The Kier molecular flexibility index (Phi) is 13.9. The van der Waals surface area contributed by atoms with Gasteiger partial charge in [-0.25, -0.2) is 13.4 Å². The second kappa shape index (κ2) is 19.4. The largest absolute Gasteiger partial charge is 0.493 e. The zero-order valence-corrected chi connectivity index (χ0v) is 34.3. The molecule has 0 atom stereocenters. The quantitative estimate of drug-likeness (QED) is 0.0445. The highest BCUT2D eigenvalue weighted by molar-refractivity contribution is 7.93. The van der Waals surface area contributed by atoms with Gasteiger partial charge in [0.1, 0.15) is 5.75 Å². The predicted octanol–water partition coefficient (Wildman–Crippen LogP) is 9.50. The van der Waals surface area contributed by atoms with Gasteiger partial charge in [0.2, 0.25) is 0 Å². The summed E-state index contributed by atoms with van der Waals surface area (Å²) in [5.41, 5.74) is 5.16. The number of hydrogen-bond donors (Lipinski definition) is 0. The Morgan fingerprint density at radius 3 is 2.17 bits per heavy atom. The van der Waals surface area contributed by atoms with E-state index in [2.05, 4.69) is 36.3 Å². The van der Waals surface area contributed by atoms with Gasteiger partial charge >= 0.3 is 5.97 Å². The molecule has 6 aromatic rings. The maximum atomic E-state index is 14.6. The van der Waals surface area contributed by atoms with E-state index in [-0.39, 0.29) is 24.9 Å². The van der Waals surface area contributed by atoms with Crippen molar-refractivity contribution in [3.8, 4) is 17.0 Å². The Hall–Kier alpha value is -6.05. The van der Waals surface area contributed by atoms with Crippen LogP contribution >= 0.6 is 11.3 Å². The van der Waals surface area contributed by atoms with E-state index >= 15 is 0 Å². The molecule has 0 bridgehead atoms. The first kappa shape index (κ1) is 41.6. The van der Waals surface area contributed by atoms with Gasteiger partial charge in [-0.05, 0) is 65.8 Å². The van der Waals surface area contributed by atoms with E-state index in [1.54, 1.807) is 35.6 Å². The number of ether oxygens (including phenoxy) is 2. The van der Waals surface area contributed by atoms with Gasteiger partial charge in [-0.15, -0.1) is 11.3 Å². The Balaban J connectivity index is 1.39. The maximum absolute atomic E-state index is 14.6. The molecule has 13 heteroatoms. The number of thiazole rings is 1. The minimum absolute atomic E-state index is 0.132. The first-order valence-corrected chi connectivity index (χ1v) is 21.3. The summed E-state index contributed by atoms with van der Waals surface area (Å²) >= 11 is 1.56. The van der Waals surface area contributed by atoms with Crippen LogP contribution in [0.1, 0.15) is 42.5 Å². The number of aromatic nitrogens is 1. The molecule has 0 radical (unpaired) electrons. The lowest BCUT2D eigenvalue weighted by molar-refractivity contribution is -0.387. The molecular weight excluding hydrogens is 773 g/mol. The van der Waals surface area contributed by atoms with Crippen molar-refractivity contribution in [1.29, 1.82) is 0 Å². The fraction of sp³-hybridized carbons (Fsp3) is 0.244. The zero-order valence-electron chi connectivity index (χ0n) is 32.7. The molecule has 11 nitrogen and oxygen atoms in total. The summed E-state index contributed by atoms with van der Waals surface area (Å²) in [5, 5.41) is 15.0. The summed E-state index contributed by atoms with van der Waals surface area (Å²) in [6, 6.07) is 38.1. The molecule has 0 saturated carbocycles. The normalized spacial score (nSPS) is 11.3. The van der Waals surface area contributed by atoms with Gasteiger partial charge in [0, 0.05) is 42.1 Å². The summed E-state index contributed by atoms with van der Waals surface area (Å²) in [6.45, 7) is 5.57. The highest BCUT2D eigenvalue weighted by atomic mass is 32.2. The fourth-order valence-corrected chi connectivity index (χ4v) is 8.84. The van der Waals surface area contributed by atoms with Crippen molar-refractivity contribution < 1.29 is 27.6 Å². The summed E-state index contributed by atoms with van der Waals surface area (Å²) in [7, 11) is -3.15. The second-order valence-electron chi connectivity index (χ2n) is 14.2. The lowest BCUT2D eigenvalue weighted by Gasteiger charge is -2.27. The Labute approximate surface area is 343 Å². The van der Waals surface area contributed by atoms with Gasteiger partial charge in [-0.2, -0.15) is 0 Å². The van der Waals surface area contributed by atoms with Crippen molar-refractivity contribution in [2.75, 3.05) is 29.5 Å². The third kappa shape index (κ3) is 10.7. The number of aryl methyl sites for hydroxylation is 1. The molecule has 300 valence electrons. The van der Waals surface area contributed by atoms with E-state index < -0.39 is 25.5 Å². The van der Waals surface area contributed by atoms with Crippen LogP contribution in [0, 0.1) is 16.0 Å². The number of hydrogen-bond acceptors (Lipinski definition) is 10. The van der Waals surface area contributed by atoms with Crippen LogP contribution in [0.3, 0.4) is 0 Å². The molecule has 0 aliphatic heterocycles. The molecule has 6 rings (SSSR count). The molecular formula is C45H46N4O7S2. The van der Waals surface area contributed by atoms with Crippen LogP contribution in [0.5, 0.6) is 5.75 Å². The molecule has 0 fully saturated rings. The molecule has 5 aromatic carbocycles. The summed E-state index contributed by atoms with van der Waals surface area (Å²) in [6.07, 6.45) is 1.33. The lowest BCUT2D eigenvalue weighted by atomic mass is 10.1. The maximum Gasteiger partial charge on any atom is 0.305 e. The topological polar surface area (TPSA) is 132 Å². The smallest absolute Gasteiger partial charge is 0.305 e. The van der Waals surface area contributed by atoms with Gasteiger partial charge < -0.3 is 14.4 Å². The summed E-state index contributed by atoms with van der Waals surface area (Å²) in [5.74, 6) is 0.573. The van der Waals surface area contributed by atoms with Crippen LogP contribution in [-0.4, -0.2) is 44.6 Å². The van der Waals surface area contributed by atoms with Gasteiger partial charge in [0.15, 0.2) is 10.0 Å². The Morgan fingerprint density at radius 2 is 1.48 bits per heavy atom. The van der Waals surface area contributed by atoms with Crippen molar-refractivity contribution in [2.45, 2.75) is 51.1 Å². The summed E-state index contributed by atoms with van der Waals surface area (Å²) in [4.78, 5) is 30.1. The number of nitro benzene ring substituents is 1. The van der Waals surface area contributed by atoms with Gasteiger partial charge in [-0.3, -0.25) is 19.2 Å². The van der Waals surface area contributed by atoms with Gasteiger partial charge in [0.05, 0.1) is 36.6 Å². The Bertz CT molecular complexity index is 2410. The number of esters is 1. The molecule has 1 aromatic heterocycles. The molecule has 0 aliphatic carbocycles. The number of carbonyl (C=O) groups is 1. The third-order valence-electron chi connectivity index (χ3n) is 9.43. The molecule has 0 aliphatic rings. The van der Waals surface area contributed by atoms with Crippen LogP contribution in [0.4, 0.5) is 16.5 Å². The predicted molar refractivity (Wildman–Crippen MR) is 229 cm³/mol. The highest BCUT2D eigenvalue weighted by Gasteiger charge is 2.32. The van der Waals surface area contributed by atoms with Crippen molar-refractivity contribution in [1.82, 2.24) is 4.98 Å². The summed E-state index contributed by atoms with van der Waals surface area (Å²) < 4.78 is 41.4. The lowest BCUT2D eigenvalue weighted by Crippen LogP contribution is -2.31. The molecule has 0 N–H and O–H groups in total. The molecule has 0 spiro atoms. The fourth-order valence-electron chi connectivity index (χ4n) is 6.36.